The molecule has 1 saturated heterocycles. The summed E-state index contributed by atoms with van der Waals surface area (Å²) in [6.07, 6.45) is -7.33. The first-order valence-electron chi connectivity index (χ1n) is 10.3. The third-order valence-corrected chi connectivity index (χ3v) is 5.73. The molecule has 0 spiro atoms. The first-order chi connectivity index (χ1) is 15.9. The highest BCUT2D eigenvalue weighted by Crippen LogP contribution is 2.40. The largest absolute Gasteiger partial charge is 0.421 e. The lowest BCUT2D eigenvalue weighted by Gasteiger charge is -2.35. The van der Waals surface area contributed by atoms with Gasteiger partial charge in [-0.05, 0) is 12.3 Å². The molecule has 2 aromatic rings. The Morgan fingerprint density at radius 3 is 2.29 bits per heavy atom. The average molecular weight is 491 g/mol. The zero-order chi connectivity index (χ0) is 24.7. The molecule has 1 amide bonds. The Balaban J connectivity index is 1.25. The average Bonchev–Trinajstić information content (AvgIpc) is 3.56. The zero-order valence-corrected chi connectivity index (χ0v) is 17.4. The van der Waals surface area contributed by atoms with E-state index < -0.39 is 29.0 Å². The number of piperazine rings is 1. The number of carbonyl (C=O) groups is 1. The number of alkyl halides is 6. The Bertz CT molecular complexity index is 1090. The molecule has 3 heterocycles. The van der Waals surface area contributed by atoms with Crippen LogP contribution in [0.5, 0.6) is 0 Å². The number of aromatic amines is 1. The molecule has 4 rings (SSSR count). The molecular weight excluding hydrogens is 472 g/mol. The minimum Gasteiger partial charge on any atom is -0.368 e. The molecular formula is C19H19F6N7O2. The number of carbonyl (C=O) groups excluding carboxylic acids is 1. The first kappa shape index (κ1) is 23.8. The van der Waals surface area contributed by atoms with Gasteiger partial charge < -0.3 is 15.1 Å². The second-order valence-corrected chi connectivity index (χ2v) is 8.06. The van der Waals surface area contributed by atoms with Gasteiger partial charge in [-0.2, -0.15) is 31.4 Å². The van der Waals surface area contributed by atoms with Crippen molar-refractivity contribution in [2.24, 2.45) is 11.8 Å². The number of hydrogen-bond acceptors (Lipinski definition) is 7. The Morgan fingerprint density at radius 1 is 1.06 bits per heavy atom. The molecule has 1 aliphatic heterocycles. The quantitative estimate of drug-likeness (QED) is 0.617. The van der Waals surface area contributed by atoms with E-state index in [-0.39, 0.29) is 36.1 Å². The smallest absolute Gasteiger partial charge is 0.368 e. The fourth-order valence-electron chi connectivity index (χ4n) is 3.71. The fraction of sp³-hybridized carbons (Fsp3) is 0.526. The topological polar surface area (TPSA) is 107 Å². The van der Waals surface area contributed by atoms with Gasteiger partial charge in [0.15, 0.2) is 0 Å². The van der Waals surface area contributed by atoms with Gasteiger partial charge in [-0.1, -0.05) is 0 Å². The summed E-state index contributed by atoms with van der Waals surface area (Å²) >= 11 is 0. The normalized spacial score (nSPS) is 20.9. The Labute approximate surface area is 188 Å². The van der Waals surface area contributed by atoms with E-state index >= 15 is 0 Å². The lowest BCUT2D eigenvalue weighted by atomic mass is 10.2. The van der Waals surface area contributed by atoms with Crippen molar-refractivity contribution in [3.63, 3.8) is 0 Å². The van der Waals surface area contributed by atoms with Crippen LogP contribution < -0.4 is 15.8 Å². The molecule has 9 nitrogen and oxygen atoms in total. The van der Waals surface area contributed by atoms with Gasteiger partial charge in [0.2, 0.25) is 11.9 Å². The van der Waals surface area contributed by atoms with E-state index in [2.05, 4.69) is 20.4 Å². The van der Waals surface area contributed by atoms with E-state index in [4.69, 9.17) is 0 Å². The van der Waals surface area contributed by atoms with Gasteiger partial charge in [0.1, 0.15) is 11.4 Å². The summed E-state index contributed by atoms with van der Waals surface area (Å²) in [5.74, 6) is -0.460. The monoisotopic (exact) mass is 491 g/mol. The van der Waals surface area contributed by atoms with Crippen molar-refractivity contribution in [3.8, 4) is 0 Å². The molecule has 2 aliphatic rings. The zero-order valence-electron chi connectivity index (χ0n) is 17.4. The van der Waals surface area contributed by atoms with Crippen LogP contribution in [0.4, 0.5) is 38.1 Å². The van der Waals surface area contributed by atoms with Gasteiger partial charge >= 0.3 is 12.4 Å². The fourth-order valence-corrected chi connectivity index (χ4v) is 3.71. The van der Waals surface area contributed by atoms with Crippen molar-refractivity contribution < 1.29 is 31.1 Å². The van der Waals surface area contributed by atoms with Crippen LogP contribution in [0.2, 0.25) is 0 Å². The van der Waals surface area contributed by atoms with Crippen LogP contribution in [0.3, 0.4) is 0 Å². The maximum absolute atomic E-state index is 12.8. The highest BCUT2D eigenvalue weighted by atomic mass is 19.4. The molecule has 0 radical (unpaired) electrons. The van der Waals surface area contributed by atoms with Gasteiger partial charge in [0.25, 0.3) is 5.56 Å². The van der Waals surface area contributed by atoms with E-state index in [9.17, 15) is 35.9 Å². The number of nitrogens with zero attached hydrogens (tertiary/aromatic N) is 5. The molecule has 15 heteroatoms. The lowest BCUT2D eigenvalue weighted by Crippen LogP contribution is -2.50. The minimum absolute atomic E-state index is 0.0909. The molecule has 1 aliphatic carbocycles. The summed E-state index contributed by atoms with van der Waals surface area (Å²) in [7, 11) is 0. The number of amides is 1. The van der Waals surface area contributed by atoms with Crippen LogP contribution in [0, 0.1) is 11.8 Å². The summed E-state index contributed by atoms with van der Waals surface area (Å²) in [5.41, 5.74) is -3.63. The summed E-state index contributed by atoms with van der Waals surface area (Å²) in [5, 5.41) is 8.06. The van der Waals surface area contributed by atoms with Gasteiger partial charge in [0.05, 0.1) is 5.56 Å². The molecule has 2 atom stereocenters. The van der Waals surface area contributed by atoms with Crippen molar-refractivity contribution in [1.82, 2.24) is 25.1 Å². The van der Waals surface area contributed by atoms with E-state index in [1.807, 2.05) is 0 Å². The molecule has 0 bridgehead atoms. The Kier molecular flexibility index (Phi) is 6.12. The molecule has 2 aromatic heterocycles. The lowest BCUT2D eigenvalue weighted by molar-refractivity contribution is -0.139. The van der Waals surface area contributed by atoms with Crippen molar-refractivity contribution in [2.45, 2.75) is 18.8 Å². The van der Waals surface area contributed by atoms with Crippen molar-refractivity contribution >= 4 is 17.7 Å². The molecule has 0 unspecified atom stereocenters. The second-order valence-electron chi connectivity index (χ2n) is 8.06. The number of hydrogen-bond donors (Lipinski definition) is 2. The minimum atomic E-state index is -4.81. The number of nitrogens with one attached hydrogen (secondary N) is 2. The van der Waals surface area contributed by atoms with Gasteiger partial charge in [0, 0.05) is 57.1 Å². The maximum atomic E-state index is 12.8. The van der Waals surface area contributed by atoms with Crippen molar-refractivity contribution in [3.05, 3.63) is 39.9 Å². The predicted octanol–water partition coefficient (Wildman–Crippen LogP) is 1.99. The van der Waals surface area contributed by atoms with E-state index in [0.717, 1.165) is 12.4 Å². The van der Waals surface area contributed by atoms with Crippen molar-refractivity contribution in [1.29, 1.82) is 0 Å². The number of anilines is 2. The molecule has 1 saturated carbocycles. The number of rotatable bonds is 5. The van der Waals surface area contributed by atoms with Gasteiger partial charge in [-0.3, -0.25) is 9.59 Å². The van der Waals surface area contributed by atoms with E-state index in [0.29, 0.717) is 38.7 Å². The molecule has 2 fully saturated rings. The van der Waals surface area contributed by atoms with Crippen LogP contribution in [0.15, 0.2) is 23.3 Å². The molecule has 34 heavy (non-hydrogen) atoms. The standard InChI is InChI=1S/C19H19F6N7O2/c20-18(21,22)11-8-27-17(28-9-11)32-3-1-31(2-4-32)16(34)12-5-10(12)7-26-14-6-13(19(23,24)25)15(33)30-29-14/h6,8-10,12H,1-5,7H2,(H,26,29)(H,30,33)/t10-,12-/m0/s1. The number of H-pyrrole nitrogens is 1. The van der Waals surface area contributed by atoms with E-state index in [1.54, 1.807) is 14.9 Å². The van der Waals surface area contributed by atoms with Crippen LogP contribution >= 0.6 is 0 Å². The number of aromatic nitrogens is 4. The Hall–Kier alpha value is -3.39. The summed E-state index contributed by atoms with van der Waals surface area (Å²) in [4.78, 5) is 34.9. The predicted molar refractivity (Wildman–Crippen MR) is 106 cm³/mol. The van der Waals surface area contributed by atoms with Crippen LogP contribution in [-0.4, -0.2) is 63.7 Å². The molecule has 0 aromatic carbocycles. The summed E-state index contributed by atoms with van der Waals surface area (Å²) < 4.78 is 76.4. The van der Waals surface area contributed by atoms with Gasteiger partial charge in [-0.25, -0.2) is 15.1 Å². The van der Waals surface area contributed by atoms with Crippen LogP contribution in [0.25, 0.3) is 0 Å². The number of halogens is 6. The van der Waals surface area contributed by atoms with Gasteiger partial charge in [-0.15, -0.1) is 0 Å². The third-order valence-electron chi connectivity index (χ3n) is 5.73. The molecule has 2 N–H and O–H groups in total. The SMILES string of the molecule is O=C([C@H]1C[C@H]1CNc1cc(C(F)(F)F)c(=O)[nH]n1)N1CCN(c2ncc(C(F)(F)F)cn2)CC1. The van der Waals surface area contributed by atoms with Crippen molar-refractivity contribution in [2.75, 3.05) is 42.9 Å². The highest BCUT2D eigenvalue weighted by molar-refractivity contribution is 5.82. The highest BCUT2D eigenvalue weighted by Gasteiger charge is 2.45. The Morgan fingerprint density at radius 2 is 1.71 bits per heavy atom. The summed E-state index contributed by atoms with van der Waals surface area (Å²) in [6.45, 7) is 1.61. The maximum Gasteiger partial charge on any atom is 0.421 e. The first-order valence-corrected chi connectivity index (χ1v) is 10.3. The third kappa shape index (κ3) is 5.22. The second kappa shape index (κ2) is 8.76. The van der Waals surface area contributed by atoms with Crippen LogP contribution in [-0.2, 0) is 17.1 Å². The van der Waals surface area contributed by atoms with Crippen LogP contribution in [0.1, 0.15) is 17.5 Å². The summed E-state index contributed by atoms with van der Waals surface area (Å²) in [6, 6.07) is 0.626. The van der Waals surface area contributed by atoms with E-state index in [1.165, 1.54) is 0 Å². The molecule has 184 valence electrons.